The topological polar surface area (TPSA) is 98.1 Å². The van der Waals surface area contributed by atoms with Crippen molar-refractivity contribution in [1.82, 2.24) is 25.1 Å². The summed E-state index contributed by atoms with van der Waals surface area (Å²) in [5.41, 5.74) is 0. The van der Waals surface area contributed by atoms with Crippen molar-refractivity contribution in [3.8, 4) is 0 Å². The number of aromatic nitrogens is 4. The minimum Gasteiger partial charge on any atom is -0.335 e. The summed E-state index contributed by atoms with van der Waals surface area (Å²) in [6, 6.07) is -0.199. The molecule has 0 aliphatic carbocycles. The molecule has 1 fully saturated rings. The quantitative estimate of drug-likeness (QED) is 0.674. The number of hydrogen-bond donors (Lipinski definition) is 0. The molecule has 10 heteroatoms. The lowest BCUT2D eigenvalue weighted by molar-refractivity contribution is -0.132. The molecule has 0 unspecified atom stereocenters. The Morgan fingerprint density at radius 3 is 2.77 bits per heavy atom. The third-order valence-electron chi connectivity index (χ3n) is 3.86. The van der Waals surface area contributed by atoms with E-state index in [9.17, 15) is 13.2 Å². The van der Waals surface area contributed by atoms with Gasteiger partial charge in [-0.1, -0.05) is 18.7 Å². The lowest BCUT2D eigenvalue weighted by Gasteiger charge is -2.33. The first kappa shape index (κ1) is 17.2. The molecule has 0 bridgehead atoms. The molecule has 2 heterocycles. The Morgan fingerprint density at radius 1 is 1.55 bits per heavy atom. The summed E-state index contributed by atoms with van der Waals surface area (Å²) >= 11 is 1.26. The number of thioether (sulfide) groups is 1. The van der Waals surface area contributed by atoms with Crippen LogP contribution in [0.1, 0.15) is 26.7 Å². The van der Waals surface area contributed by atoms with E-state index in [0.29, 0.717) is 11.6 Å². The number of carbonyl (C=O) groups is 1. The van der Waals surface area contributed by atoms with Crippen molar-refractivity contribution in [1.29, 1.82) is 0 Å². The average Bonchev–Trinajstić information content (AvgIpc) is 3.02. The number of hydrogen-bond acceptors (Lipinski definition) is 7. The first-order valence-electron chi connectivity index (χ1n) is 7.20. The van der Waals surface area contributed by atoms with E-state index >= 15 is 0 Å². The Hall–Kier alpha value is -1.16. The molecule has 1 aromatic rings. The fourth-order valence-corrected chi connectivity index (χ4v) is 4.98. The maximum Gasteiger partial charge on any atom is 0.233 e. The van der Waals surface area contributed by atoms with Crippen LogP contribution in [0, 0.1) is 0 Å². The molecule has 8 nitrogen and oxygen atoms in total. The predicted octanol–water partition coefficient (Wildman–Crippen LogP) is 0.116. The van der Waals surface area contributed by atoms with Crippen LogP contribution in [0.15, 0.2) is 5.16 Å². The molecule has 1 aromatic heterocycles. The highest BCUT2D eigenvalue weighted by Gasteiger charge is 2.36. The van der Waals surface area contributed by atoms with Crippen LogP contribution in [0.2, 0.25) is 0 Å². The van der Waals surface area contributed by atoms with Crippen LogP contribution in [-0.4, -0.2) is 68.8 Å². The van der Waals surface area contributed by atoms with Crippen molar-refractivity contribution in [2.45, 2.75) is 43.9 Å². The van der Waals surface area contributed by atoms with E-state index in [-0.39, 0.29) is 35.2 Å². The summed E-state index contributed by atoms with van der Waals surface area (Å²) in [4.78, 5) is 14.3. The molecule has 0 radical (unpaired) electrons. The molecule has 1 amide bonds. The number of tetrazole rings is 1. The van der Waals surface area contributed by atoms with Crippen LogP contribution in [0.4, 0.5) is 0 Å². The third-order valence-corrected chi connectivity index (χ3v) is 6.61. The highest BCUT2D eigenvalue weighted by molar-refractivity contribution is 7.99. The van der Waals surface area contributed by atoms with Gasteiger partial charge in [-0.2, -0.15) is 0 Å². The van der Waals surface area contributed by atoms with Gasteiger partial charge in [0, 0.05) is 19.1 Å². The van der Waals surface area contributed by atoms with Gasteiger partial charge in [-0.15, -0.1) is 5.10 Å². The van der Waals surface area contributed by atoms with Crippen molar-refractivity contribution >= 4 is 27.5 Å². The number of nitrogens with zero attached hydrogens (tertiary/aromatic N) is 5. The Bertz CT molecular complexity index is 630. The molecule has 1 saturated heterocycles. The van der Waals surface area contributed by atoms with Crippen molar-refractivity contribution in [3.63, 3.8) is 0 Å². The Morgan fingerprint density at radius 2 is 2.27 bits per heavy atom. The summed E-state index contributed by atoms with van der Waals surface area (Å²) in [7, 11) is -1.31. The zero-order valence-corrected chi connectivity index (χ0v) is 14.6. The molecule has 1 aliphatic heterocycles. The summed E-state index contributed by atoms with van der Waals surface area (Å²) in [5, 5.41) is 11.6. The molecule has 0 spiro atoms. The van der Waals surface area contributed by atoms with Gasteiger partial charge in [-0.25, -0.2) is 13.1 Å². The van der Waals surface area contributed by atoms with E-state index in [1.165, 1.54) is 16.4 Å². The molecule has 1 aliphatic rings. The minimum atomic E-state index is -3.02. The Kier molecular flexibility index (Phi) is 5.43. The maximum atomic E-state index is 12.6. The second kappa shape index (κ2) is 6.95. The van der Waals surface area contributed by atoms with E-state index in [1.54, 1.807) is 11.9 Å². The summed E-state index contributed by atoms with van der Waals surface area (Å²) in [6.45, 7) is 3.95. The number of aryl methyl sites for hydroxylation is 1. The molecule has 0 N–H and O–H groups in total. The van der Waals surface area contributed by atoms with Gasteiger partial charge in [0.25, 0.3) is 0 Å². The molecule has 0 aromatic carbocycles. The normalized spacial score (nSPS) is 21.7. The molecule has 0 saturated carbocycles. The average molecular weight is 347 g/mol. The highest BCUT2D eigenvalue weighted by atomic mass is 32.2. The van der Waals surface area contributed by atoms with Gasteiger partial charge in [-0.05, 0) is 30.2 Å². The van der Waals surface area contributed by atoms with Gasteiger partial charge < -0.3 is 4.90 Å². The van der Waals surface area contributed by atoms with Crippen molar-refractivity contribution in [2.24, 2.45) is 7.05 Å². The molecule has 2 rings (SSSR count). The van der Waals surface area contributed by atoms with Crippen LogP contribution in [-0.2, 0) is 21.7 Å². The van der Waals surface area contributed by atoms with E-state index in [1.807, 2.05) is 13.8 Å². The van der Waals surface area contributed by atoms with E-state index in [4.69, 9.17) is 0 Å². The van der Waals surface area contributed by atoms with Gasteiger partial charge >= 0.3 is 0 Å². The monoisotopic (exact) mass is 347 g/mol. The Balaban J connectivity index is 2.05. The van der Waals surface area contributed by atoms with Gasteiger partial charge in [-0.3, -0.25) is 4.79 Å². The maximum absolute atomic E-state index is 12.6. The number of carbonyl (C=O) groups excluding carboxylic acids is 1. The number of sulfone groups is 1. The fourth-order valence-electron chi connectivity index (χ4n) is 2.55. The summed E-state index contributed by atoms with van der Waals surface area (Å²) in [6.07, 6.45) is 1.31. The van der Waals surface area contributed by atoms with Crippen LogP contribution >= 0.6 is 11.8 Å². The second-order valence-electron chi connectivity index (χ2n) is 5.49. The molecular weight excluding hydrogens is 326 g/mol. The predicted molar refractivity (Wildman–Crippen MR) is 83.2 cm³/mol. The first-order chi connectivity index (χ1) is 10.3. The van der Waals surface area contributed by atoms with Crippen LogP contribution in [0.3, 0.4) is 0 Å². The summed E-state index contributed by atoms with van der Waals surface area (Å²) in [5.74, 6) is 0.372. The molecular formula is C12H21N5O3S2. The SMILES string of the molecule is CC[C@H](C)N(C(=O)CSc1nnnn1C)[C@@H]1CCS(=O)(=O)C1. The van der Waals surface area contributed by atoms with Gasteiger partial charge in [0.05, 0.1) is 17.3 Å². The van der Waals surface area contributed by atoms with Crippen molar-refractivity contribution < 1.29 is 13.2 Å². The lowest BCUT2D eigenvalue weighted by atomic mass is 10.1. The zero-order valence-electron chi connectivity index (χ0n) is 13.0. The lowest BCUT2D eigenvalue weighted by Crippen LogP contribution is -2.47. The van der Waals surface area contributed by atoms with Gasteiger partial charge in [0.1, 0.15) is 0 Å². The standard InChI is InChI=1S/C12H21N5O3S2/c1-4-9(2)17(10-5-6-22(19,20)8-10)11(18)7-21-12-13-14-15-16(12)3/h9-10H,4-8H2,1-3H3/t9-,10+/m0/s1. The van der Waals surface area contributed by atoms with E-state index < -0.39 is 9.84 Å². The van der Waals surface area contributed by atoms with E-state index in [0.717, 1.165) is 6.42 Å². The first-order valence-corrected chi connectivity index (χ1v) is 10.0. The molecule has 2 atom stereocenters. The summed E-state index contributed by atoms with van der Waals surface area (Å²) < 4.78 is 24.9. The van der Waals surface area contributed by atoms with Crippen LogP contribution in [0.25, 0.3) is 0 Å². The zero-order chi connectivity index (χ0) is 16.3. The largest absolute Gasteiger partial charge is 0.335 e. The number of rotatable bonds is 6. The Labute approximate surface area is 134 Å². The van der Waals surface area contributed by atoms with Crippen molar-refractivity contribution in [2.75, 3.05) is 17.3 Å². The molecule has 124 valence electrons. The minimum absolute atomic E-state index is 0.0176. The number of amides is 1. The smallest absolute Gasteiger partial charge is 0.233 e. The second-order valence-corrected chi connectivity index (χ2v) is 8.66. The van der Waals surface area contributed by atoms with Crippen LogP contribution in [0.5, 0.6) is 0 Å². The highest BCUT2D eigenvalue weighted by Crippen LogP contribution is 2.23. The third kappa shape index (κ3) is 3.97. The fraction of sp³-hybridized carbons (Fsp3) is 0.833. The van der Waals surface area contributed by atoms with Crippen LogP contribution < -0.4 is 0 Å². The van der Waals surface area contributed by atoms with Gasteiger partial charge in [0.2, 0.25) is 11.1 Å². The molecule has 22 heavy (non-hydrogen) atoms. The van der Waals surface area contributed by atoms with E-state index in [2.05, 4.69) is 15.5 Å². The van der Waals surface area contributed by atoms with Crippen molar-refractivity contribution in [3.05, 3.63) is 0 Å². The van der Waals surface area contributed by atoms with Gasteiger partial charge in [0.15, 0.2) is 9.84 Å².